The van der Waals surface area contributed by atoms with Gasteiger partial charge in [-0.25, -0.2) is 4.39 Å². The van der Waals surface area contributed by atoms with Gasteiger partial charge >= 0.3 is 0 Å². The lowest BCUT2D eigenvalue weighted by molar-refractivity contribution is 0.286. The molecule has 1 rings (SSSR count). The Kier molecular flexibility index (Phi) is 4.58. The zero-order chi connectivity index (χ0) is 11.1. The quantitative estimate of drug-likeness (QED) is 0.726. The molecule has 0 saturated heterocycles. The van der Waals surface area contributed by atoms with Crippen molar-refractivity contribution in [3.05, 3.63) is 29.6 Å². The number of aliphatic hydroxyl groups is 1. The maximum Gasteiger partial charge on any atom is 0.147 e. The van der Waals surface area contributed by atoms with Gasteiger partial charge in [0.05, 0.1) is 17.3 Å². The molecule has 0 radical (unpaired) electrons. The topological polar surface area (TPSA) is 56.0 Å². The summed E-state index contributed by atoms with van der Waals surface area (Å²) in [4.78, 5) is 0. The van der Waals surface area contributed by atoms with Crippen LogP contribution in [-0.2, 0) is 0 Å². The van der Waals surface area contributed by atoms with Crippen molar-refractivity contribution >= 4 is 5.69 Å². The molecule has 1 aromatic carbocycles. The number of benzene rings is 1. The summed E-state index contributed by atoms with van der Waals surface area (Å²) in [5.41, 5.74) is 0.709. The van der Waals surface area contributed by atoms with Crippen molar-refractivity contribution < 1.29 is 9.50 Å². The van der Waals surface area contributed by atoms with Crippen LogP contribution in [-0.4, -0.2) is 18.3 Å². The highest BCUT2D eigenvalue weighted by Gasteiger charge is 2.01. The van der Waals surface area contributed by atoms with Crippen molar-refractivity contribution in [3.63, 3.8) is 0 Å². The van der Waals surface area contributed by atoms with E-state index in [0.29, 0.717) is 24.2 Å². The van der Waals surface area contributed by atoms with E-state index in [4.69, 9.17) is 10.4 Å². The fourth-order valence-electron chi connectivity index (χ4n) is 1.19. The maximum absolute atomic E-state index is 13.3. The Labute approximate surface area is 88.2 Å². The van der Waals surface area contributed by atoms with E-state index >= 15 is 0 Å². The first-order valence-corrected chi connectivity index (χ1v) is 4.82. The largest absolute Gasteiger partial charge is 0.396 e. The summed E-state index contributed by atoms with van der Waals surface area (Å²) < 4.78 is 13.3. The zero-order valence-corrected chi connectivity index (χ0v) is 8.33. The molecule has 0 heterocycles. The molecule has 0 fully saturated rings. The van der Waals surface area contributed by atoms with Crippen LogP contribution in [0.3, 0.4) is 0 Å². The number of anilines is 1. The fraction of sp³-hybridized carbons (Fsp3) is 0.364. The van der Waals surface area contributed by atoms with Gasteiger partial charge in [-0.2, -0.15) is 5.26 Å². The number of nitrogens with one attached hydrogen (secondary N) is 1. The third-order valence-corrected chi connectivity index (χ3v) is 2.00. The predicted molar refractivity (Wildman–Crippen MR) is 55.9 cm³/mol. The lowest BCUT2D eigenvalue weighted by Crippen LogP contribution is -2.04. The standard InChI is InChI=1S/C11H13FN2O/c12-10-7-9(8-13)3-4-11(10)14-5-1-2-6-15/h3-4,7,14-15H,1-2,5-6H2. The molecule has 0 spiro atoms. The Morgan fingerprint density at radius 1 is 1.40 bits per heavy atom. The summed E-state index contributed by atoms with van der Waals surface area (Å²) in [6.45, 7) is 0.765. The summed E-state index contributed by atoms with van der Waals surface area (Å²) in [6.07, 6.45) is 1.49. The van der Waals surface area contributed by atoms with Crippen molar-refractivity contribution in [1.29, 1.82) is 5.26 Å². The molecular formula is C11H13FN2O. The van der Waals surface area contributed by atoms with E-state index in [9.17, 15) is 4.39 Å². The van der Waals surface area contributed by atoms with Crippen LogP contribution in [0.25, 0.3) is 0 Å². The van der Waals surface area contributed by atoms with Gasteiger partial charge in [-0.3, -0.25) is 0 Å². The van der Waals surface area contributed by atoms with Gasteiger partial charge in [-0.05, 0) is 31.0 Å². The molecular weight excluding hydrogens is 195 g/mol. The number of nitrogens with zero attached hydrogens (tertiary/aromatic N) is 1. The van der Waals surface area contributed by atoms with Crippen LogP contribution in [0.2, 0.25) is 0 Å². The summed E-state index contributed by atoms with van der Waals surface area (Å²) >= 11 is 0. The van der Waals surface area contributed by atoms with Gasteiger partial charge in [0.15, 0.2) is 0 Å². The molecule has 4 heteroatoms. The molecule has 2 N–H and O–H groups in total. The first kappa shape index (κ1) is 11.5. The molecule has 0 aromatic heterocycles. The molecule has 0 aliphatic heterocycles. The molecule has 0 aliphatic rings. The minimum absolute atomic E-state index is 0.150. The number of hydrogen-bond donors (Lipinski definition) is 2. The highest BCUT2D eigenvalue weighted by molar-refractivity contribution is 5.48. The van der Waals surface area contributed by atoms with Crippen LogP contribution in [0, 0.1) is 17.1 Å². The van der Waals surface area contributed by atoms with Gasteiger partial charge in [0.1, 0.15) is 5.82 Å². The normalized spacial score (nSPS) is 9.67. The third kappa shape index (κ3) is 3.56. The molecule has 1 aromatic rings. The van der Waals surface area contributed by atoms with E-state index in [0.717, 1.165) is 6.42 Å². The highest BCUT2D eigenvalue weighted by atomic mass is 19.1. The van der Waals surface area contributed by atoms with Crippen LogP contribution in [0.5, 0.6) is 0 Å². The second-order valence-corrected chi connectivity index (χ2v) is 3.16. The first-order valence-electron chi connectivity index (χ1n) is 4.82. The number of hydrogen-bond acceptors (Lipinski definition) is 3. The number of aliphatic hydroxyl groups excluding tert-OH is 1. The summed E-state index contributed by atoms with van der Waals surface area (Å²) in [5, 5.41) is 20.0. The maximum atomic E-state index is 13.3. The molecule has 0 amide bonds. The minimum atomic E-state index is -0.418. The fourth-order valence-corrected chi connectivity index (χ4v) is 1.19. The summed E-state index contributed by atoms with van der Waals surface area (Å²) in [5.74, 6) is -0.418. The number of nitriles is 1. The average Bonchev–Trinajstić information content (AvgIpc) is 2.26. The molecule has 0 saturated carbocycles. The molecule has 3 nitrogen and oxygen atoms in total. The van der Waals surface area contributed by atoms with Crippen molar-refractivity contribution in [2.75, 3.05) is 18.5 Å². The summed E-state index contributed by atoms with van der Waals surface area (Å²) in [6, 6.07) is 6.19. The zero-order valence-electron chi connectivity index (χ0n) is 8.33. The van der Waals surface area contributed by atoms with Gasteiger partial charge in [0.25, 0.3) is 0 Å². The van der Waals surface area contributed by atoms with Gasteiger partial charge in [-0.1, -0.05) is 0 Å². The molecule has 0 bridgehead atoms. The number of unbranched alkanes of at least 4 members (excludes halogenated alkanes) is 1. The SMILES string of the molecule is N#Cc1ccc(NCCCCO)c(F)c1. The van der Waals surface area contributed by atoms with E-state index in [1.807, 2.05) is 6.07 Å². The lowest BCUT2D eigenvalue weighted by atomic mass is 10.2. The molecule has 15 heavy (non-hydrogen) atoms. The Morgan fingerprint density at radius 3 is 2.80 bits per heavy atom. The lowest BCUT2D eigenvalue weighted by Gasteiger charge is -2.06. The van der Waals surface area contributed by atoms with Crippen LogP contribution in [0.4, 0.5) is 10.1 Å². The minimum Gasteiger partial charge on any atom is -0.396 e. The molecule has 0 atom stereocenters. The molecule has 0 aliphatic carbocycles. The summed E-state index contributed by atoms with van der Waals surface area (Å²) in [7, 11) is 0. The van der Waals surface area contributed by atoms with Crippen LogP contribution in [0.1, 0.15) is 18.4 Å². The van der Waals surface area contributed by atoms with Crippen LogP contribution in [0.15, 0.2) is 18.2 Å². The van der Waals surface area contributed by atoms with Crippen molar-refractivity contribution in [3.8, 4) is 6.07 Å². The second-order valence-electron chi connectivity index (χ2n) is 3.16. The van der Waals surface area contributed by atoms with Crippen LogP contribution >= 0.6 is 0 Å². The van der Waals surface area contributed by atoms with E-state index in [1.165, 1.54) is 6.07 Å². The average molecular weight is 208 g/mol. The van der Waals surface area contributed by atoms with Crippen molar-refractivity contribution in [1.82, 2.24) is 0 Å². The van der Waals surface area contributed by atoms with Gasteiger partial charge < -0.3 is 10.4 Å². The van der Waals surface area contributed by atoms with E-state index in [2.05, 4.69) is 5.32 Å². The third-order valence-electron chi connectivity index (χ3n) is 2.00. The molecule has 80 valence electrons. The van der Waals surface area contributed by atoms with Crippen molar-refractivity contribution in [2.24, 2.45) is 0 Å². The first-order chi connectivity index (χ1) is 7.27. The van der Waals surface area contributed by atoms with Crippen LogP contribution < -0.4 is 5.32 Å². The Bertz CT molecular complexity index is 360. The van der Waals surface area contributed by atoms with Gasteiger partial charge in [0.2, 0.25) is 0 Å². The number of rotatable bonds is 5. The Balaban J connectivity index is 2.52. The molecule has 0 unspecified atom stereocenters. The van der Waals surface area contributed by atoms with Gasteiger partial charge in [-0.15, -0.1) is 0 Å². The van der Waals surface area contributed by atoms with Gasteiger partial charge in [0, 0.05) is 13.2 Å². The van der Waals surface area contributed by atoms with E-state index in [-0.39, 0.29) is 6.61 Å². The number of halogens is 1. The Hall–Kier alpha value is -1.60. The van der Waals surface area contributed by atoms with Crippen molar-refractivity contribution in [2.45, 2.75) is 12.8 Å². The second kappa shape index (κ2) is 5.99. The van der Waals surface area contributed by atoms with E-state index < -0.39 is 5.82 Å². The monoisotopic (exact) mass is 208 g/mol. The van der Waals surface area contributed by atoms with E-state index in [1.54, 1.807) is 12.1 Å². The smallest absolute Gasteiger partial charge is 0.147 e. The predicted octanol–water partition coefficient (Wildman–Crippen LogP) is 1.88. The Morgan fingerprint density at radius 2 is 2.20 bits per heavy atom. The highest BCUT2D eigenvalue weighted by Crippen LogP contribution is 2.15.